The van der Waals surface area contributed by atoms with Crippen molar-refractivity contribution in [2.24, 2.45) is 11.3 Å². The summed E-state index contributed by atoms with van der Waals surface area (Å²) >= 11 is 7.48. The van der Waals surface area contributed by atoms with Crippen LogP contribution in [-0.2, 0) is 6.42 Å². The van der Waals surface area contributed by atoms with Gasteiger partial charge < -0.3 is 5.11 Å². The van der Waals surface area contributed by atoms with Crippen LogP contribution in [0.25, 0.3) is 0 Å². The van der Waals surface area contributed by atoms with Crippen molar-refractivity contribution in [3.63, 3.8) is 0 Å². The molecule has 3 heteroatoms. The van der Waals surface area contributed by atoms with Gasteiger partial charge in [-0.15, -0.1) is 11.3 Å². The highest BCUT2D eigenvalue weighted by atomic mass is 35.5. The molecule has 0 amide bonds. The number of aliphatic hydroxyl groups excluding tert-OH is 1. The molecule has 1 saturated carbocycles. The van der Waals surface area contributed by atoms with Gasteiger partial charge in [-0.2, -0.15) is 0 Å². The first kappa shape index (κ1) is 12.4. The second-order valence-electron chi connectivity index (χ2n) is 5.46. The smallest absolute Gasteiger partial charge is 0.0931 e. The molecule has 0 aromatic carbocycles. The highest BCUT2D eigenvalue weighted by molar-refractivity contribution is 7.16. The van der Waals surface area contributed by atoms with Crippen LogP contribution in [0.1, 0.15) is 38.0 Å². The number of hydrogen-bond donors (Lipinski definition) is 1. The van der Waals surface area contributed by atoms with Crippen LogP contribution < -0.4 is 0 Å². The van der Waals surface area contributed by atoms with Gasteiger partial charge in [0.15, 0.2) is 0 Å². The Morgan fingerprint density at radius 3 is 2.81 bits per heavy atom. The van der Waals surface area contributed by atoms with E-state index in [1.165, 1.54) is 17.7 Å². The minimum atomic E-state index is -0.216. The zero-order chi connectivity index (χ0) is 11.8. The van der Waals surface area contributed by atoms with Crippen molar-refractivity contribution in [2.45, 2.75) is 45.6 Å². The van der Waals surface area contributed by atoms with Crippen molar-refractivity contribution >= 4 is 22.9 Å². The molecule has 0 bridgehead atoms. The van der Waals surface area contributed by atoms with Crippen molar-refractivity contribution in [2.75, 3.05) is 0 Å². The molecule has 1 nitrogen and oxygen atoms in total. The Hall–Kier alpha value is -0.0500. The minimum Gasteiger partial charge on any atom is -0.392 e. The topological polar surface area (TPSA) is 20.2 Å². The van der Waals surface area contributed by atoms with Gasteiger partial charge in [0, 0.05) is 11.3 Å². The molecule has 0 saturated heterocycles. The summed E-state index contributed by atoms with van der Waals surface area (Å²) in [4.78, 5) is 1.19. The van der Waals surface area contributed by atoms with Gasteiger partial charge >= 0.3 is 0 Å². The maximum atomic E-state index is 10.3. The molecule has 0 spiro atoms. The third-order valence-corrected chi connectivity index (χ3v) is 5.10. The standard InChI is InChI=1S/C13H19ClOS/c1-13(2)7-3-4-10(13)11(15)8-9-5-6-12(14)16-9/h5-6,10-11,15H,3-4,7-8H2,1-2H3. The fourth-order valence-electron chi connectivity index (χ4n) is 2.88. The van der Waals surface area contributed by atoms with Crippen molar-refractivity contribution in [3.05, 3.63) is 21.3 Å². The van der Waals surface area contributed by atoms with Gasteiger partial charge in [0.2, 0.25) is 0 Å². The normalized spacial score (nSPS) is 25.9. The molecule has 1 heterocycles. The maximum Gasteiger partial charge on any atom is 0.0931 e. The lowest BCUT2D eigenvalue weighted by atomic mass is 9.78. The molecule has 1 aromatic rings. The zero-order valence-electron chi connectivity index (χ0n) is 9.87. The van der Waals surface area contributed by atoms with Crippen molar-refractivity contribution < 1.29 is 5.11 Å². The van der Waals surface area contributed by atoms with Gasteiger partial charge in [-0.05, 0) is 36.3 Å². The molecule has 1 aliphatic carbocycles. The van der Waals surface area contributed by atoms with E-state index in [2.05, 4.69) is 13.8 Å². The van der Waals surface area contributed by atoms with E-state index in [0.717, 1.165) is 17.2 Å². The second-order valence-corrected chi connectivity index (χ2v) is 7.26. The second kappa shape index (κ2) is 4.67. The van der Waals surface area contributed by atoms with Crippen LogP contribution in [0.3, 0.4) is 0 Å². The fraction of sp³-hybridized carbons (Fsp3) is 0.692. The Balaban J connectivity index is 2.00. The molecule has 90 valence electrons. The summed E-state index contributed by atoms with van der Waals surface area (Å²) in [6.45, 7) is 4.55. The number of rotatable bonds is 3. The molecule has 1 aliphatic rings. The molecule has 0 radical (unpaired) electrons. The van der Waals surface area contributed by atoms with Crippen LogP contribution in [0, 0.1) is 11.3 Å². The Morgan fingerprint density at radius 1 is 1.56 bits per heavy atom. The van der Waals surface area contributed by atoms with Crippen molar-refractivity contribution in [3.8, 4) is 0 Å². The lowest BCUT2D eigenvalue weighted by molar-refractivity contribution is 0.0549. The minimum absolute atomic E-state index is 0.216. The Bertz CT molecular complexity index is 359. The Kier molecular flexibility index (Phi) is 3.62. The Morgan fingerprint density at radius 2 is 2.31 bits per heavy atom. The molecular formula is C13H19ClOS. The maximum absolute atomic E-state index is 10.3. The first-order valence-electron chi connectivity index (χ1n) is 5.91. The molecule has 2 atom stereocenters. The first-order chi connectivity index (χ1) is 7.49. The Labute approximate surface area is 106 Å². The molecule has 1 aromatic heterocycles. The molecule has 2 unspecified atom stereocenters. The summed E-state index contributed by atoms with van der Waals surface area (Å²) < 4.78 is 0.813. The van der Waals surface area contributed by atoms with Crippen LogP contribution in [0.15, 0.2) is 12.1 Å². The van der Waals surface area contributed by atoms with Gasteiger partial charge in [0.1, 0.15) is 0 Å². The van der Waals surface area contributed by atoms with E-state index in [-0.39, 0.29) is 6.10 Å². The molecule has 0 aliphatic heterocycles. The number of aliphatic hydroxyl groups is 1. The van der Waals surface area contributed by atoms with E-state index >= 15 is 0 Å². The summed E-state index contributed by atoms with van der Waals surface area (Å²) in [6, 6.07) is 3.94. The van der Waals surface area contributed by atoms with Crippen LogP contribution in [0.4, 0.5) is 0 Å². The van der Waals surface area contributed by atoms with Crippen molar-refractivity contribution in [1.82, 2.24) is 0 Å². The van der Waals surface area contributed by atoms with E-state index in [0.29, 0.717) is 11.3 Å². The summed E-state index contributed by atoms with van der Waals surface area (Å²) in [5, 5.41) is 10.3. The molecular weight excluding hydrogens is 240 g/mol. The first-order valence-corrected chi connectivity index (χ1v) is 7.11. The van der Waals surface area contributed by atoms with Gasteiger partial charge in [0.25, 0.3) is 0 Å². The molecule has 2 rings (SSSR count). The van der Waals surface area contributed by atoms with Crippen LogP contribution in [0.5, 0.6) is 0 Å². The van der Waals surface area contributed by atoms with Gasteiger partial charge in [-0.3, -0.25) is 0 Å². The number of thiophene rings is 1. The molecule has 1 N–H and O–H groups in total. The third-order valence-electron chi connectivity index (χ3n) is 3.84. The fourth-order valence-corrected chi connectivity index (χ4v) is 4.01. The largest absolute Gasteiger partial charge is 0.392 e. The monoisotopic (exact) mass is 258 g/mol. The predicted octanol–water partition coefficient (Wildman–Crippen LogP) is 4.13. The number of hydrogen-bond acceptors (Lipinski definition) is 2. The SMILES string of the molecule is CC1(C)CCCC1C(O)Cc1ccc(Cl)s1. The van der Waals surface area contributed by atoms with Gasteiger partial charge in [-0.1, -0.05) is 31.9 Å². The summed E-state index contributed by atoms with van der Waals surface area (Å²) in [5.41, 5.74) is 0.292. The van der Waals surface area contributed by atoms with Crippen LogP contribution >= 0.6 is 22.9 Å². The number of halogens is 1. The summed E-state index contributed by atoms with van der Waals surface area (Å²) in [5.74, 6) is 0.438. The van der Waals surface area contributed by atoms with Crippen LogP contribution in [-0.4, -0.2) is 11.2 Å². The summed E-state index contributed by atoms with van der Waals surface area (Å²) in [7, 11) is 0. The average Bonchev–Trinajstić information content (AvgIpc) is 2.72. The predicted molar refractivity (Wildman–Crippen MR) is 70.2 cm³/mol. The summed E-state index contributed by atoms with van der Waals surface area (Å²) in [6.07, 6.45) is 4.19. The third kappa shape index (κ3) is 2.61. The van der Waals surface area contributed by atoms with Crippen LogP contribution in [0.2, 0.25) is 4.34 Å². The molecule has 1 fully saturated rings. The average molecular weight is 259 g/mol. The zero-order valence-corrected chi connectivity index (χ0v) is 11.4. The van der Waals surface area contributed by atoms with E-state index < -0.39 is 0 Å². The van der Waals surface area contributed by atoms with Gasteiger partial charge in [0.05, 0.1) is 10.4 Å². The highest BCUT2D eigenvalue weighted by Crippen LogP contribution is 2.45. The van der Waals surface area contributed by atoms with Gasteiger partial charge in [-0.25, -0.2) is 0 Å². The van der Waals surface area contributed by atoms with E-state index in [4.69, 9.17) is 11.6 Å². The van der Waals surface area contributed by atoms with Crippen molar-refractivity contribution in [1.29, 1.82) is 0 Å². The van der Waals surface area contributed by atoms with E-state index in [9.17, 15) is 5.11 Å². The lowest BCUT2D eigenvalue weighted by Crippen LogP contribution is -2.30. The van der Waals surface area contributed by atoms with E-state index in [1.54, 1.807) is 11.3 Å². The quantitative estimate of drug-likeness (QED) is 0.864. The highest BCUT2D eigenvalue weighted by Gasteiger charge is 2.38. The van der Waals surface area contributed by atoms with E-state index in [1.807, 2.05) is 12.1 Å². The lowest BCUT2D eigenvalue weighted by Gasteiger charge is -2.30. The molecule has 16 heavy (non-hydrogen) atoms.